The summed E-state index contributed by atoms with van der Waals surface area (Å²) in [6, 6.07) is 0. The number of imidazole rings is 1. The summed E-state index contributed by atoms with van der Waals surface area (Å²) >= 11 is 1.78. The zero-order valence-electron chi connectivity index (χ0n) is 9.60. The molecule has 0 radical (unpaired) electrons. The van der Waals surface area contributed by atoms with E-state index in [0.717, 1.165) is 24.5 Å². The number of hydrogen-bond donors (Lipinski definition) is 1. The lowest BCUT2D eigenvalue weighted by molar-refractivity contribution is 0.690. The zero-order valence-corrected chi connectivity index (χ0v) is 10.4. The van der Waals surface area contributed by atoms with Crippen molar-refractivity contribution in [1.29, 1.82) is 0 Å². The van der Waals surface area contributed by atoms with Gasteiger partial charge in [-0.3, -0.25) is 0 Å². The molecule has 0 aromatic carbocycles. The SMILES string of the molecule is CCc1cnc(Cn2cncc2CNC)s1. The Morgan fingerprint density at radius 2 is 2.31 bits per heavy atom. The Kier molecular flexibility index (Phi) is 3.69. The van der Waals surface area contributed by atoms with E-state index < -0.39 is 0 Å². The summed E-state index contributed by atoms with van der Waals surface area (Å²) in [4.78, 5) is 9.91. The van der Waals surface area contributed by atoms with Crippen molar-refractivity contribution in [3.05, 3.63) is 34.3 Å². The molecule has 16 heavy (non-hydrogen) atoms. The van der Waals surface area contributed by atoms with Crippen LogP contribution in [0, 0.1) is 0 Å². The molecule has 0 amide bonds. The van der Waals surface area contributed by atoms with Gasteiger partial charge in [0.15, 0.2) is 0 Å². The molecule has 86 valence electrons. The van der Waals surface area contributed by atoms with Crippen molar-refractivity contribution < 1.29 is 0 Å². The Hall–Kier alpha value is -1.20. The van der Waals surface area contributed by atoms with Crippen LogP contribution in [0.15, 0.2) is 18.7 Å². The van der Waals surface area contributed by atoms with Crippen molar-refractivity contribution in [2.45, 2.75) is 26.4 Å². The molecule has 4 nitrogen and oxygen atoms in total. The van der Waals surface area contributed by atoms with Gasteiger partial charge in [-0.2, -0.15) is 0 Å². The molecule has 0 aliphatic rings. The summed E-state index contributed by atoms with van der Waals surface area (Å²) < 4.78 is 2.13. The van der Waals surface area contributed by atoms with E-state index in [1.807, 2.05) is 25.8 Å². The second-order valence-corrected chi connectivity index (χ2v) is 4.82. The molecule has 1 N–H and O–H groups in total. The second kappa shape index (κ2) is 5.23. The van der Waals surface area contributed by atoms with Crippen molar-refractivity contribution in [3.8, 4) is 0 Å². The average molecular weight is 236 g/mol. The van der Waals surface area contributed by atoms with E-state index in [1.54, 1.807) is 11.3 Å². The average Bonchev–Trinajstić information content (AvgIpc) is 2.90. The molecule has 2 aromatic heterocycles. The van der Waals surface area contributed by atoms with Gasteiger partial charge in [-0.15, -0.1) is 11.3 Å². The van der Waals surface area contributed by atoms with Crippen LogP contribution in [0.3, 0.4) is 0 Å². The van der Waals surface area contributed by atoms with E-state index in [2.05, 4.69) is 26.8 Å². The zero-order chi connectivity index (χ0) is 11.4. The third-order valence-electron chi connectivity index (χ3n) is 2.41. The lowest BCUT2D eigenvalue weighted by Gasteiger charge is -2.04. The van der Waals surface area contributed by atoms with Crippen molar-refractivity contribution in [2.75, 3.05) is 7.05 Å². The first-order valence-corrected chi connectivity index (χ1v) is 6.22. The minimum absolute atomic E-state index is 0.821. The fourth-order valence-electron chi connectivity index (χ4n) is 1.55. The first kappa shape index (κ1) is 11.3. The molecular formula is C11H16N4S. The summed E-state index contributed by atoms with van der Waals surface area (Å²) in [5.41, 5.74) is 1.19. The quantitative estimate of drug-likeness (QED) is 0.858. The van der Waals surface area contributed by atoms with Gasteiger partial charge >= 0.3 is 0 Å². The smallest absolute Gasteiger partial charge is 0.113 e. The molecule has 0 bridgehead atoms. The third-order valence-corrected chi connectivity index (χ3v) is 3.54. The van der Waals surface area contributed by atoms with Crippen LogP contribution >= 0.6 is 11.3 Å². The topological polar surface area (TPSA) is 42.7 Å². The van der Waals surface area contributed by atoms with Gasteiger partial charge in [-0.05, 0) is 13.5 Å². The van der Waals surface area contributed by atoms with E-state index in [0.29, 0.717) is 0 Å². The second-order valence-electron chi connectivity index (χ2n) is 3.62. The van der Waals surface area contributed by atoms with Crippen molar-refractivity contribution in [3.63, 3.8) is 0 Å². The molecule has 0 saturated carbocycles. The predicted octanol–water partition coefficient (Wildman–Crippen LogP) is 1.67. The van der Waals surface area contributed by atoms with Crippen LogP contribution in [0.25, 0.3) is 0 Å². The Bertz CT molecular complexity index is 446. The number of rotatable bonds is 5. The monoisotopic (exact) mass is 236 g/mol. The van der Waals surface area contributed by atoms with Crippen LogP contribution < -0.4 is 5.32 Å². The van der Waals surface area contributed by atoms with Crippen molar-refractivity contribution >= 4 is 11.3 Å². The largest absolute Gasteiger partial charge is 0.326 e. The molecule has 5 heteroatoms. The van der Waals surface area contributed by atoms with Crippen molar-refractivity contribution in [2.24, 2.45) is 0 Å². The van der Waals surface area contributed by atoms with Crippen LogP contribution in [-0.4, -0.2) is 21.6 Å². The van der Waals surface area contributed by atoms with Crippen LogP contribution in [0.5, 0.6) is 0 Å². The summed E-state index contributed by atoms with van der Waals surface area (Å²) in [5.74, 6) is 0. The third kappa shape index (κ3) is 2.48. The van der Waals surface area contributed by atoms with Gasteiger partial charge in [0.2, 0.25) is 0 Å². The first-order valence-electron chi connectivity index (χ1n) is 5.40. The Labute approximate surface area is 99.4 Å². The molecule has 0 unspecified atom stereocenters. The van der Waals surface area contributed by atoms with E-state index in [9.17, 15) is 0 Å². The van der Waals surface area contributed by atoms with Crippen LogP contribution in [0.4, 0.5) is 0 Å². The molecule has 0 fully saturated rings. The van der Waals surface area contributed by atoms with Gasteiger partial charge in [-0.1, -0.05) is 6.92 Å². The maximum atomic E-state index is 4.41. The van der Waals surface area contributed by atoms with E-state index in [1.165, 1.54) is 10.6 Å². The van der Waals surface area contributed by atoms with Crippen LogP contribution in [0.2, 0.25) is 0 Å². The summed E-state index contributed by atoms with van der Waals surface area (Å²) in [6.45, 7) is 3.81. The predicted molar refractivity (Wildman–Crippen MR) is 65.6 cm³/mol. The summed E-state index contributed by atoms with van der Waals surface area (Å²) in [5, 5.41) is 4.28. The van der Waals surface area contributed by atoms with Crippen LogP contribution in [-0.2, 0) is 19.5 Å². The Balaban J connectivity index is 2.10. The fourth-order valence-corrected chi connectivity index (χ4v) is 2.41. The van der Waals surface area contributed by atoms with E-state index in [-0.39, 0.29) is 0 Å². The molecule has 2 rings (SSSR count). The van der Waals surface area contributed by atoms with Gasteiger partial charge in [0, 0.05) is 23.8 Å². The molecule has 2 aromatic rings. The molecule has 2 heterocycles. The van der Waals surface area contributed by atoms with Gasteiger partial charge in [-0.25, -0.2) is 9.97 Å². The summed E-state index contributed by atoms with van der Waals surface area (Å²) in [7, 11) is 1.94. The highest BCUT2D eigenvalue weighted by molar-refractivity contribution is 7.11. The minimum Gasteiger partial charge on any atom is -0.326 e. The normalized spacial score (nSPS) is 10.9. The maximum absolute atomic E-state index is 4.41. The molecule has 0 saturated heterocycles. The Morgan fingerprint density at radius 1 is 1.44 bits per heavy atom. The lowest BCUT2D eigenvalue weighted by Crippen LogP contribution is -2.11. The summed E-state index contributed by atoms with van der Waals surface area (Å²) in [6.07, 6.45) is 6.78. The molecule has 0 spiro atoms. The Morgan fingerprint density at radius 3 is 3.00 bits per heavy atom. The van der Waals surface area contributed by atoms with Gasteiger partial charge in [0.05, 0.1) is 18.6 Å². The lowest BCUT2D eigenvalue weighted by atomic mass is 10.4. The number of aromatic nitrogens is 3. The van der Waals surface area contributed by atoms with Gasteiger partial charge in [0.1, 0.15) is 5.01 Å². The van der Waals surface area contributed by atoms with E-state index >= 15 is 0 Å². The highest BCUT2D eigenvalue weighted by Gasteiger charge is 2.05. The molecule has 0 atom stereocenters. The number of nitrogens with one attached hydrogen (secondary N) is 1. The fraction of sp³-hybridized carbons (Fsp3) is 0.455. The number of aryl methyl sites for hydroxylation is 1. The maximum Gasteiger partial charge on any atom is 0.113 e. The molecule has 0 aliphatic carbocycles. The van der Waals surface area contributed by atoms with Crippen molar-refractivity contribution in [1.82, 2.24) is 19.9 Å². The molecular weight excluding hydrogens is 220 g/mol. The highest BCUT2D eigenvalue weighted by Crippen LogP contribution is 2.15. The first-order chi connectivity index (χ1) is 7.83. The number of nitrogens with zero attached hydrogens (tertiary/aromatic N) is 3. The van der Waals surface area contributed by atoms with Gasteiger partial charge in [0.25, 0.3) is 0 Å². The number of thiazole rings is 1. The highest BCUT2D eigenvalue weighted by atomic mass is 32.1. The standard InChI is InChI=1S/C11H16N4S/c1-3-10-6-14-11(16-10)7-15-8-13-5-9(15)4-12-2/h5-6,8,12H,3-4,7H2,1-2H3. The van der Waals surface area contributed by atoms with Crippen LogP contribution in [0.1, 0.15) is 22.5 Å². The molecule has 0 aliphatic heterocycles. The van der Waals surface area contributed by atoms with E-state index in [4.69, 9.17) is 0 Å². The minimum atomic E-state index is 0.821. The van der Waals surface area contributed by atoms with Gasteiger partial charge < -0.3 is 9.88 Å². The number of hydrogen-bond acceptors (Lipinski definition) is 4.